The van der Waals surface area contributed by atoms with Gasteiger partial charge in [-0.15, -0.1) is 0 Å². The first-order valence-electron chi connectivity index (χ1n) is 1.52. The van der Waals surface area contributed by atoms with E-state index >= 15 is 0 Å². The van der Waals surface area contributed by atoms with E-state index in [2.05, 4.69) is 0 Å². The molecule has 0 aromatic carbocycles. The second-order valence-electron chi connectivity index (χ2n) is 0.695. The Morgan fingerprint density at radius 2 is 1.33 bits per heavy atom. The van der Waals surface area contributed by atoms with Gasteiger partial charge in [-0.3, -0.25) is 0 Å². The zero-order valence-corrected chi connectivity index (χ0v) is 3.93. The first-order valence-corrected chi connectivity index (χ1v) is 1.52. The van der Waals surface area contributed by atoms with E-state index in [4.69, 9.17) is 10.7 Å². The standard InChI is InChI=1S/CN3.BF4/c2-1-4-3;2-1(3,4)5/q+1;-1. The molecule has 0 aliphatic carbocycles. The van der Waals surface area contributed by atoms with Crippen molar-refractivity contribution in [3.05, 3.63) is 4.98 Å². The van der Waals surface area contributed by atoms with Gasteiger partial charge in [0.15, 0.2) is 5.26 Å². The Balaban J connectivity index is 0. The monoisotopic (exact) mass is 141 g/mol. The lowest BCUT2D eigenvalue weighted by Crippen LogP contribution is -2.02. The van der Waals surface area contributed by atoms with Crippen molar-refractivity contribution in [1.29, 1.82) is 10.7 Å². The highest BCUT2D eigenvalue weighted by molar-refractivity contribution is 6.50. The number of rotatable bonds is 0. The maximum atomic E-state index is 9.75. The smallest absolute Gasteiger partial charge is 0.418 e. The summed E-state index contributed by atoms with van der Waals surface area (Å²) in [6.45, 7) is 0. The van der Waals surface area contributed by atoms with Crippen molar-refractivity contribution in [3.63, 3.8) is 0 Å². The molecular weight excluding hydrogens is 141 g/mol. The summed E-state index contributed by atoms with van der Waals surface area (Å²) in [4.78, 5) is 2.04. The second-order valence-corrected chi connectivity index (χ2v) is 0.695. The van der Waals surface area contributed by atoms with Crippen molar-refractivity contribution in [2.75, 3.05) is 0 Å². The van der Waals surface area contributed by atoms with E-state index in [1.54, 1.807) is 0 Å². The fraction of sp³-hybridized carbons (Fsp3) is 0. The van der Waals surface area contributed by atoms with Crippen LogP contribution in [0.3, 0.4) is 0 Å². The third-order valence-corrected chi connectivity index (χ3v) is 0.0447. The van der Waals surface area contributed by atoms with Crippen LogP contribution in [0.4, 0.5) is 17.3 Å². The zero-order valence-electron chi connectivity index (χ0n) is 3.93. The predicted molar refractivity (Wildman–Crippen MR) is 20.9 cm³/mol. The molecule has 50 valence electrons. The van der Waals surface area contributed by atoms with Gasteiger partial charge in [0.05, 0.1) is 4.98 Å². The first-order chi connectivity index (χ1) is 3.91. The minimum absolute atomic E-state index is 1.11. The van der Waals surface area contributed by atoms with Crippen LogP contribution in [-0.2, 0) is 0 Å². The zero-order chi connectivity index (χ0) is 7.91. The Morgan fingerprint density at radius 1 is 1.22 bits per heavy atom. The molecule has 0 fully saturated rings. The Kier molecular flexibility index (Phi) is 5.72. The molecule has 3 nitrogen and oxygen atoms in total. The lowest BCUT2D eigenvalue weighted by atomic mass is 10.3. The van der Waals surface area contributed by atoms with Gasteiger partial charge in [-0.1, -0.05) is 0 Å². The largest absolute Gasteiger partial charge is 0.673 e. The van der Waals surface area contributed by atoms with Crippen LogP contribution in [0.25, 0.3) is 4.98 Å². The van der Waals surface area contributed by atoms with E-state index in [1.165, 1.54) is 0 Å². The van der Waals surface area contributed by atoms with Gasteiger partial charge < -0.3 is 17.3 Å². The molecule has 0 radical (unpaired) electrons. The van der Waals surface area contributed by atoms with Gasteiger partial charge in [0.2, 0.25) is 0 Å². The molecule has 0 aliphatic heterocycles. The van der Waals surface area contributed by atoms with Crippen molar-refractivity contribution >= 4 is 7.25 Å². The summed E-state index contributed by atoms with van der Waals surface area (Å²) in [5.74, 6) is 0. The second kappa shape index (κ2) is 4.84. The molecule has 0 N–H and O–H groups in total. The highest BCUT2D eigenvalue weighted by atomic mass is 19.5. The molecule has 0 aromatic heterocycles. The van der Waals surface area contributed by atoms with E-state index in [9.17, 15) is 17.3 Å². The van der Waals surface area contributed by atoms with Gasteiger partial charge >= 0.3 is 13.4 Å². The number of nitriles is 1. The number of hydrogen-bond acceptors (Lipinski definition) is 2. The Hall–Kier alpha value is -1.31. The predicted octanol–water partition coefficient (Wildman–Crippen LogP) is 1.62. The average Bonchev–Trinajstić information content (AvgIpc) is 1.61. The number of halogens is 4. The first kappa shape index (κ1) is 10.6. The van der Waals surface area contributed by atoms with Gasteiger partial charge in [0, 0.05) is 0 Å². The van der Waals surface area contributed by atoms with Crippen LogP contribution in [0, 0.1) is 16.8 Å². The fourth-order valence-corrected chi connectivity index (χ4v) is 0. The minimum Gasteiger partial charge on any atom is -0.418 e. The third kappa shape index (κ3) is 1590. The fourth-order valence-electron chi connectivity index (χ4n) is 0. The molecule has 0 heterocycles. The molecule has 0 saturated heterocycles. The lowest BCUT2D eigenvalue weighted by molar-refractivity contribution is 0.368. The van der Waals surface area contributed by atoms with Crippen LogP contribution in [0.15, 0.2) is 0 Å². The molecule has 0 aromatic rings. The highest BCUT2D eigenvalue weighted by Gasteiger charge is 2.20. The topological polar surface area (TPSA) is 51.9 Å². The average molecular weight is 141 g/mol. The Labute approximate surface area is 47.6 Å². The molecule has 0 amide bonds. The van der Waals surface area contributed by atoms with E-state index in [0.717, 1.165) is 6.19 Å². The molecule has 8 heteroatoms. The maximum Gasteiger partial charge on any atom is 0.673 e. The van der Waals surface area contributed by atoms with Crippen molar-refractivity contribution < 1.29 is 17.3 Å². The lowest BCUT2D eigenvalue weighted by Gasteiger charge is -1.94. The van der Waals surface area contributed by atoms with Crippen molar-refractivity contribution in [2.45, 2.75) is 0 Å². The van der Waals surface area contributed by atoms with Gasteiger partial charge in [-0.05, 0) is 0 Å². The van der Waals surface area contributed by atoms with E-state index in [-0.39, 0.29) is 0 Å². The van der Waals surface area contributed by atoms with Crippen LogP contribution < -0.4 is 0 Å². The van der Waals surface area contributed by atoms with Gasteiger partial charge in [0.1, 0.15) is 5.39 Å². The molecule has 0 atom stereocenters. The summed E-state index contributed by atoms with van der Waals surface area (Å²) in [5, 5.41) is 14.3. The molecule has 0 saturated carbocycles. The SMILES string of the molecule is F[B-](F)(F)F.N#C[N+]#N. The molecular formula is CBF4N3. The van der Waals surface area contributed by atoms with E-state index in [0.29, 0.717) is 0 Å². The summed E-state index contributed by atoms with van der Waals surface area (Å²) in [5.41, 5.74) is 0. The van der Waals surface area contributed by atoms with Gasteiger partial charge in [-0.2, -0.15) is 0 Å². The van der Waals surface area contributed by atoms with Crippen LogP contribution in [0.2, 0.25) is 0 Å². The number of diazo groups is 1. The highest BCUT2D eigenvalue weighted by Crippen LogP contribution is 2.06. The minimum atomic E-state index is -6.00. The molecule has 0 aliphatic rings. The maximum absolute atomic E-state index is 9.75. The molecule has 0 unspecified atom stereocenters. The van der Waals surface area contributed by atoms with Gasteiger partial charge in [0.25, 0.3) is 0 Å². The Morgan fingerprint density at radius 3 is 1.33 bits per heavy atom. The summed E-state index contributed by atoms with van der Waals surface area (Å²) < 4.78 is 39.0. The summed E-state index contributed by atoms with van der Waals surface area (Å²) in [7, 11) is -6.00. The van der Waals surface area contributed by atoms with E-state index < -0.39 is 7.25 Å². The van der Waals surface area contributed by atoms with Crippen LogP contribution in [-0.4, -0.2) is 7.25 Å². The molecule has 0 spiro atoms. The van der Waals surface area contributed by atoms with Crippen molar-refractivity contribution in [2.24, 2.45) is 0 Å². The molecule has 0 bridgehead atoms. The summed E-state index contributed by atoms with van der Waals surface area (Å²) in [6, 6.07) is 0. The quantitative estimate of drug-likeness (QED) is 0.222. The number of hydrogen-bond donors (Lipinski definition) is 0. The van der Waals surface area contributed by atoms with E-state index in [1.807, 2.05) is 4.98 Å². The normalized spacial score (nSPS) is 7.78. The summed E-state index contributed by atoms with van der Waals surface area (Å²) in [6.07, 6.45) is 1.11. The summed E-state index contributed by atoms with van der Waals surface area (Å²) >= 11 is 0. The van der Waals surface area contributed by atoms with Crippen molar-refractivity contribution in [3.8, 4) is 6.19 Å². The van der Waals surface area contributed by atoms with Crippen molar-refractivity contribution in [1.82, 2.24) is 0 Å². The molecule has 9 heavy (non-hydrogen) atoms. The molecule has 0 rings (SSSR count). The third-order valence-electron chi connectivity index (χ3n) is 0.0447. The van der Waals surface area contributed by atoms with Crippen LogP contribution in [0.5, 0.6) is 0 Å². The van der Waals surface area contributed by atoms with Gasteiger partial charge in [-0.25, -0.2) is 0 Å². The van der Waals surface area contributed by atoms with Crippen LogP contribution in [0.1, 0.15) is 0 Å². The Bertz CT molecular complexity index is 119. The van der Waals surface area contributed by atoms with Crippen LogP contribution >= 0.6 is 0 Å². The number of nitrogens with zero attached hydrogens (tertiary/aromatic N) is 3.